The summed E-state index contributed by atoms with van der Waals surface area (Å²) < 4.78 is 10.8. The minimum Gasteiger partial charge on any atom is -0.469 e. The van der Waals surface area contributed by atoms with Crippen LogP contribution in [0, 0.1) is 17.8 Å². The molecule has 0 aromatic carbocycles. The molecule has 3 rings (SSSR count). The molecular formula is C14H19NO4. The van der Waals surface area contributed by atoms with Crippen LogP contribution in [-0.2, 0) is 19.1 Å². The number of methoxy groups -OCH3 is 1. The summed E-state index contributed by atoms with van der Waals surface area (Å²) >= 11 is 0. The number of carbonyl (C=O) groups is 2. The Bertz CT molecular complexity index is 458. The molecule has 0 aliphatic carbocycles. The Hall–Kier alpha value is -1.36. The molecule has 4 atom stereocenters. The number of esters is 1. The third-order valence-electron chi connectivity index (χ3n) is 4.24. The van der Waals surface area contributed by atoms with Crippen LogP contribution in [0.5, 0.6) is 0 Å². The lowest BCUT2D eigenvalue weighted by Crippen LogP contribution is -2.39. The SMILES string of the molecule is COC(=O)[C@@H]1[C@@H]2C=C[C@]3(CN(CC(C)C)C(=O)[C@H]13)O2. The fourth-order valence-corrected chi connectivity index (χ4v) is 3.58. The summed E-state index contributed by atoms with van der Waals surface area (Å²) in [6, 6.07) is 0. The van der Waals surface area contributed by atoms with Gasteiger partial charge in [0.05, 0.1) is 25.7 Å². The van der Waals surface area contributed by atoms with E-state index in [1.807, 2.05) is 17.1 Å². The molecule has 0 aromatic rings. The van der Waals surface area contributed by atoms with Crippen molar-refractivity contribution in [3.8, 4) is 0 Å². The maximum atomic E-state index is 12.5. The lowest BCUT2D eigenvalue weighted by atomic mass is 9.77. The van der Waals surface area contributed by atoms with E-state index in [-0.39, 0.29) is 18.0 Å². The van der Waals surface area contributed by atoms with Gasteiger partial charge in [0.15, 0.2) is 0 Å². The van der Waals surface area contributed by atoms with Crippen LogP contribution < -0.4 is 0 Å². The highest BCUT2D eigenvalue weighted by Crippen LogP contribution is 2.52. The zero-order chi connectivity index (χ0) is 13.8. The zero-order valence-corrected chi connectivity index (χ0v) is 11.5. The van der Waals surface area contributed by atoms with E-state index in [9.17, 15) is 9.59 Å². The van der Waals surface area contributed by atoms with Crippen LogP contribution >= 0.6 is 0 Å². The van der Waals surface area contributed by atoms with Gasteiger partial charge in [0, 0.05) is 6.54 Å². The molecule has 0 unspecified atom stereocenters. The molecule has 5 heteroatoms. The summed E-state index contributed by atoms with van der Waals surface area (Å²) in [5.41, 5.74) is -0.602. The Morgan fingerprint density at radius 1 is 1.63 bits per heavy atom. The Balaban J connectivity index is 1.90. The molecule has 0 saturated carbocycles. The van der Waals surface area contributed by atoms with E-state index in [0.717, 1.165) is 0 Å². The molecule has 3 aliphatic rings. The van der Waals surface area contributed by atoms with Crippen LogP contribution in [0.1, 0.15) is 13.8 Å². The standard InChI is InChI=1S/C14H19NO4/c1-8(2)6-15-7-14-5-4-9(19-14)10(13(17)18-3)11(14)12(15)16/h4-5,8-11H,6-7H2,1-3H3/t9-,10+,11-,14+/m0/s1. The van der Waals surface area contributed by atoms with Crippen LogP contribution in [0.25, 0.3) is 0 Å². The molecule has 0 aromatic heterocycles. The average Bonchev–Trinajstić information content (AvgIpc) is 2.97. The minimum absolute atomic E-state index is 0.0240. The van der Waals surface area contributed by atoms with Gasteiger partial charge in [-0.2, -0.15) is 0 Å². The Kier molecular flexibility index (Phi) is 2.71. The van der Waals surface area contributed by atoms with Gasteiger partial charge in [-0.05, 0) is 5.92 Å². The molecule has 3 heterocycles. The number of rotatable bonds is 3. The van der Waals surface area contributed by atoms with E-state index in [4.69, 9.17) is 9.47 Å². The molecule has 2 bridgehead atoms. The third-order valence-corrected chi connectivity index (χ3v) is 4.24. The first-order chi connectivity index (χ1) is 8.98. The van der Waals surface area contributed by atoms with Crippen molar-refractivity contribution >= 4 is 11.9 Å². The van der Waals surface area contributed by atoms with Crippen molar-refractivity contribution in [1.82, 2.24) is 4.90 Å². The number of nitrogens with zero attached hydrogens (tertiary/aromatic N) is 1. The molecule has 19 heavy (non-hydrogen) atoms. The first kappa shape index (κ1) is 12.7. The van der Waals surface area contributed by atoms with Gasteiger partial charge >= 0.3 is 5.97 Å². The predicted octanol–water partition coefficient (Wildman–Crippen LogP) is 0.597. The van der Waals surface area contributed by atoms with Gasteiger partial charge in [-0.15, -0.1) is 0 Å². The second-order valence-electron chi connectivity index (χ2n) is 6.04. The Morgan fingerprint density at radius 2 is 2.37 bits per heavy atom. The first-order valence-electron chi connectivity index (χ1n) is 6.72. The summed E-state index contributed by atoms with van der Waals surface area (Å²) in [6.45, 7) is 5.40. The van der Waals surface area contributed by atoms with Crippen molar-refractivity contribution in [2.45, 2.75) is 25.6 Å². The molecule has 2 saturated heterocycles. The van der Waals surface area contributed by atoms with Crippen molar-refractivity contribution in [1.29, 1.82) is 0 Å². The monoisotopic (exact) mass is 265 g/mol. The summed E-state index contributed by atoms with van der Waals surface area (Å²) in [5, 5.41) is 0. The molecular weight excluding hydrogens is 246 g/mol. The molecule has 0 radical (unpaired) electrons. The van der Waals surface area contributed by atoms with E-state index in [0.29, 0.717) is 19.0 Å². The van der Waals surface area contributed by atoms with Gasteiger partial charge < -0.3 is 14.4 Å². The van der Waals surface area contributed by atoms with E-state index in [1.54, 1.807) is 0 Å². The lowest BCUT2D eigenvalue weighted by Gasteiger charge is -2.22. The zero-order valence-electron chi connectivity index (χ0n) is 11.5. The van der Waals surface area contributed by atoms with Crippen LogP contribution in [0.3, 0.4) is 0 Å². The van der Waals surface area contributed by atoms with Gasteiger partial charge in [-0.25, -0.2) is 0 Å². The number of fused-ring (bicyclic) bond motifs is 1. The molecule has 1 spiro atoms. The molecule has 1 amide bonds. The normalized spacial score (nSPS) is 39.3. The average molecular weight is 265 g/mol. The van der Waals surface area contributed by atoms with Crippen LogP contribution in [0.15, 0.2) is 12.2 Å². The quantitative estimate of drug-likeness (QED) is 0.554. The van der Waals surface area contributed by atoms with E-state index < -0.39 is 17.4 Å². The van der Waals surface area contributed by atoms with Gasteiger partial charge in [-0.1, -0.05) is 26.0 Å². The summed E-state index contributed by atoms with van der Waals surface area (Å²) in [4.78, 5) is 26.3. The second-order valence-corrected chi connectivity index (χ2v) is 6.04. The van der Waals surface area contributed by atoms with Crippen molar-refractivity contribution in [3.63, 3.8) is 0 Å². The molecule has 3 aliphatic heterocycles. The number of ether oxygens (including phenoxy) is 2. The van der Waals surface area contributed by atoms with Crippen LogP contribution in [-0.4, -0.2) is 48.7 Å². The van der Waals surface area contributed by atoms with Crippen molar-refractivity contribution in [2.24, 2.45) is 17.8 Å². The van der Waals surface area contributed by atoms with Crippen molar-refractivity contribution < 1.29 is 19.1 Å². The maximum Gasteiger partial charge on any atom is 0.312 e. The Labute approximate surface area is 112 Å². The van der Waals surface area contributed by atoms with Crippen molar-refractivity contribution in [2.75, 3.05) is 20.2 Å². The highest BCUT2D eigenvalue weighted by atomic mass is 16.5. The number of hydrogen-bond acceptors (Lipinski definition) is 4. The number of carbonyl (C=O) groups excluding carboxylic acids is 2. The number of hydrogen-bond donors (Lipinski definition) is 0. The molecule has 5 nitrogen and oxygen atoms in total. The van der Waals surface area contributed by atoms with Crippen LogP contribution in [0.2, 0.25) is 0 Å². The van der Waals surface area contributed by atoms with Crippen LogP contribution in [0.4, 0.5) is 0 Å². The lowest BCUT2D eigenvalue weighted by molar-refractivity contribution is -0.151. The molecule has 0 N–H and O–H groups in total. The highest BCUT2D eigenvalue weighted by Gasteiger charge is 2.67. The molecule has 2 fully saturated rings. The summed E-state index contributed by atoms with van der Waals surface area (Å²) in [5.74, 6) is -0.817. The fourth-order valence-electron chi connectivity index (χ4n) is 3.58. The van der Waals surface area contributed by atoms with Gasteiger partial charge in [0.25, 0.3) is 0 Å². The molecule has 104 valence electrons. The van der Waals surface area contributed by atoms with Gasteiger partial charge in [-0.3, -0.25) is 9.59 Å². The highest BCUT2D eigenvalue weighted by molar-refractivity contribution is 5.91. The van der Waals surface area contributed by atoms with E-state index in [1.165, 1.54) is 7.11 Å². The summed E-state index contributed by atoms with van der Waals surface area (Å²) in [6.07, 6.45) is 3.55. The van der Waals surface area contributed by atoms with Gasteiger partial charge in [0.2, 0.25) is 5.91 Å². The summed E-state index contributed by atoms with van der Waals surface area (Å²) in [7, 11) is 1.36. The largest absolute Gasteiger partial charge is 0.469 e. The predicted molar refractivity (Wildman–Crippen MR) is 67.2 cm³/mol. The minimum atomic E-state index is -0.602. The van der Waals surface area contributed by atoms with E-state index >= 15 is 0 Å². The third kappa shape index (κ3) is 1.64. The number of likely N-dealkylation sites (tertiary alicyclic amines) is 1. The topological polar surface area (TPSA) is 55.8 Å². The number of amides is 1. The fraction of sp³-hybridized carbons (Fsp3) is 0.714. The smallest absolute Gasteiger partial charge is 0.312 e. The first-order valence-corrected chi connectivity index (χ1v) is 6.72. The van der Waals surface area contributed by atoms with Crippen molar-refractivity contribution in [3.05, 3.63) is 12.2 Å². The van der Waals surface area contributed by atoms with E-state index in [2.05, 4.69) is 13.8 Å². The Morgan fingerprint density at radius 3 is 3.00 bits per heavy atom. The van der Waals surface area contributed by atoms with Gasteiger partial charge in [0.1, 0.15) is 11.5 Å². The second kappa shape index (κ2) is 4.07. The maximum absolute atomic E-state index is 12.5.